The van der Waals surface area contributed by atoms with E-state index in [1.807, 2.05) is 0 Å². The molecule has 2 rings (SSSR count). The summed E-state index contributed by atoms with van der Waals surface area (Å²) in [4.78, 5) is 4.41. The molecule has 0 saturated heterocycles. The fraction of sp³-hybridized carbons (Fsp3) is 0.333. The van der Waals surface area contributed by atoms with Crippen molar-refractivity contribution in [2.45, 2.75) is 6.61 Å². The van der Waals surface area contributed by atoms with Crippen LogP contribution in [-0.2, 0) is 11.4 Å². The molecule has 0 saturated carbocycles. The van der Waals surface area contributed by atoms with Crippen LogP contribution in [0.1, 0.15) is 5.56 Å². The van der Waals surface area contributed by atoms with Crippen molar-refractivity contribution in [3.05, 3.63) is 23.5 Å². The topological polar surface area (TPSA) is 53.7 Å². The van der Waals surface area contributed by atoms with Gasteiger partial charge in [0, 0.05) is 0 Å². The van der Waals surface area contributed by atoms with E-state index in [0.717, 1.165) is 0 Å². The van der Waals surface area contributed by atoms with Crippen LogP contribution in [0.25, 0.3) is 0 Å². The maximum absolute atomic E-state index is 13.4. The largest absolute Gasteiger partial charge is 0.486 e. The molecule has 14 heavy (non-hydrogen) atoms. The van der Waals surface area contributed by atoms with E-state index in [-0.39, 0.29) is 12.4 Å². The summed E-state index contributed by atoms with van der Waals surface area (Å²) in [6.07, 6.45) is 0. The van der Waals surface area contributed by atoms with Crippen LogP contribution in [0.4, 0.5) is 4.39 Å². The molecule has 0 spiro atoms. The van der Waals surface area contributed by atoms with Gasteiger partial charge in [-0.3, -0.25) is 4.84 Å². The first kappa shape index (κ1) is 9.23. The summed E-state index contributed by atoms with van der Waals surface area (Å²) in [6, 6.07) is 2.98. The smallest absolute Gasteiger partial charge is 0.197 e. The number of hydrogen-bond donors (Lipinski definition) is 1. The molecule has 4 nitrogen and oxygen atoms in total. The van der Waals surface area contributed by atoms with Gasteiger partial charge in [0.15, 0.2) is 17.3 Å². The fourth-order valence-electron chi connectivity index (χ4n) is 1.34. The van der Waals surface area contributed by atoms with Crippen LogP contribution in [0.5, 0.6) is 11.5 Å². The van der Waals surface area contributed by atoms with Crippen LogP contribution in [0.3, 0.4) is 0 Å². The third kappa shape index (κ3) is 1.64. The molecule has 0 bridgehead atoms. The number of benzene rings is 1. The summed E-state index contributed by atoms with van der Waals surface area (Å²) < 4.78 is 23.7. The summed E-state index contributed by atoms with van der Waals surface area (Å²) >= 11 is 0. The minimum absolute atomic E-state index is 0.146. The second kappa shape index (κ2) is 3.81. The molecule has 1 heterocycles. The lowest BCUT2D eigenvalue weighted by Gasteiger charge is -2.19. The van der Waals surface area contributed by atoms with Gasteiger partial charge in [-0.25, -0.2) is 10.3 Å². The highest BCUT2D eigenvalue weighted by atomic mass is 19.1. The van der Waals surface area contributed by atoms with Crippen LogP contribution < -0.4 is 15.4 Å². The van der Waals surface area contributed by atoms with Crippen molar-refractivity contribution in [1.82, 2.24) is 0 Å². The normalized spacial score (nSPS) is 14.1. The maximum Gasteiger partial charge on any atom is 0.197 e. The Kier molecular flexibility index (Phi) is 2.51. The van der Waals surface area contributed by atoms with Crippen molar-refractivity contribution in [3.63, 3.8) is 0 Å². The van der Waals surface area contributed by atoms with Crippen molar-refractivity contribution in [3.8, 4) is 11.5 Å². The molecule has 1 aliphatic heterocycles. The van der Waals surface area contributed by atoms with E-state index in [2.05, 4.69) is 4.84 Å². The van der Waals surface area contributed by atoms with Gasteiger partial charge < -0.3 is 9.47 Å². The third-order valence-electron chi connectivity index (χ3n) is 1.91. The Labute approximate surface area is 80.3 Å². The highest BCUT2D eigenvalue weighted by Gasteiger charge is 2.17. The molecule has 5 heteroatoms. The fourth-order valence-corrected chi connectivity index (χ4v) is 1.34. The minimum Gasteiger partial charge on any atom is -0.486 e. The second-order valence-corrected chi connectivity index (χ2v) is 2.91. The van der Waals surface area contributed by atoms with Crippen LogP contribution in [0.2, 0.25) is 0 Å². The number of rotatable bonds is 2. The van der Waals surface area contributed by atoms with Gasteiger partial charge in [-0.2, -0.15) is 0 Å². The Balaban J connectivity index is 2.36. The summed E-state index contributed by atoms with van der Waals surface area (Å²) in [5.41, 5.74) is 0.620. The van der Waals surface area contributed by atoms with Crippen LogP contribution >= 0.6 is 0 Å². The highest BCUT2D eigenvalue weighted by Crippen LogP contribution is 2.34. The zero-order valence-corrected chi connectivity index (χ0v) is 7.46. The van der Waals surface area contributed by atoms with Crippen LogP contribution in [0.15, 0.2) is 12.1 Å². The lowest BCUT2D eigenvalue weighted by molar-refractivity contribution is 0.122. The zero-order chi connectivity index (χ0) is 9.97. The summed E-state index contributed by atoms with van der Waals surface area (Å²) in [6.45, 7) is 0.948. The van der Waals surface area contributed by atoms with Gasteiger partial charge in [-0.05, 0) is 17.7 Å². The monoisotopic (exact) mass is 199 g/mol. The first-order chi connectivity index (χ1) is 6.81. The van der Waals surface area contributed by atoms with Gasteiger partial charge in [0.25, 0.3) is 0 Å². The molecule has 0 fully saturated rings. The predicted octanol–water partition coefficient (Wildman–Crippen LogP) is 0.987. The first-order valence-corrected chi connectivity index (χ1v) is 4.21. The number of ether oxygens (including phenoxy) is 2. The molecule has 1 aliphatic rings. The van der Waals surface area contributed by atoms with E-state index in [1.54, 1.807) is 6.07 Å². The van der Waals surface area contributed by atoms with E-state index in [1.165, 1.54) is 6.07 Å². The summed E-state index contributed by atoms with van der Waals surface area (Å²) in [5, 5.41) is 0. The standard InChI is InChI=1S/C9H10FNO3/c10-7-3-6(5-14-11)4-8-9(7)13-2-1-12-8/h3-4H,1-2,5,11H2. The molecule has 0 atom stereocenters. The van der Waals surface area contributed by atoms with Gasteiger partial charge >= 0.3 is 0 Å². The molecule has 0 unspecified atom stereocenters. The molecule has 76 valence electrons. The zero-order valence-electron chi connectivity index (χ0n) is 7.46. The van der Waals surface area contributed by atoms with E-state index in [9.17, 15) is 4.39 Å². The Morgan fingerprint density at radius 3 is 2.93 bits per heavy atom. The molecule has 0 amide bonds. The average molecular weight is 199 g/mol. The molecule has 2 N–H and O–H groups in total. The quantitative estimate of drug-likeness (QED) is 0.721. The Hall–Kier alpha value is -1.33. The van der Waals surface area contributed by atoms with Gasteiger partial charge in [0.2, 0.25) is 0 Å². The first-order valence-electron chi connectivity index (χ1n) is 4.21. The predicted molar refractivity (Wildman–Crippen MR) is 46.4 cm³/mol. The van der Waals surface area contributed by atoms with Crippen molar-refractivity contribution in [1.29, 1.82) is 0 Å². The third-order valence-corrected chi connectivity index (χ3v) is 1.91. The van der Waals surface area contributed by atoms with Crippen molar-refractivity contribution >= 4 is 0 Å². The van der Waals surface area contributed by atoms with Gasteiger partial charge in [0.1, 0.15) is 13.2 Å². The Morgan fingerprint density at radius 2 is 2.14 bits per heavy atom. The molecule has 0 aliphatic carbocycles. The SMILES string of the molecule is NOCc1cc(F)c2c(c1)OCCO2. The lowest BCUT2D eigenvalue weighted by Crippen LogP contribution is -2.16. The lowest BCUT2D eigenvalue weighted by atomic mass is 10.2. The summed E-state index contributed by atoms with van der Waals surface area (Å²) in [5.74, 6) is 5.01. The number of fused-ring (bicyclic) bond motifs is 1. The Morgan fingerprint density at radius 1 is 1.36 bits per heavy atom. The van der Waals surface area contributed by atoms with Gasteiger partial charge in [-0.15, -0.1) is 0 Å². The molecular weight excluding hydrogens is 189 g/mol. The van der Waals surface area contributed by atoms with E-state index in [4.69, 9.17) is 15.4 Å². The van der Waals surface area contributed by atoms with E-state index < -0.39 is 5.82 Å². The average Bonchev–Trinajstić information content (AvgIpc) is 2.18. The van der Waals surface area contributed by atoms with Gasteiger partial charge in [-0.1, -0.05) is 0 Å². The van der Waals surface area contributed by atoms with Crippen molar-refractivity contribution in [2.75, 3.05) is 13.2 Å². The minimum atomic E-state index is -0.450. The second-order valence-electron chi connectivity index (χ2n) is 2.91. The summed E-state index contributed by atoms with van der Waals surface area (Å²) in [7, 11) is 0. The van der Waals surface area contributed by atoms with Crippen LogP contribution in [-0.4, -0.2) is 13.2 Å². The van der Waals surface area contributed by atoms with Crippen molar-refractivity contribution in [2.24, 2.45) is 5.90 Å². The maximum atomic E-state index is 13.4. The number of hydrogen-bond acceptors (Lipinski definition) is 4. The van der Waals surface area contributed by atoms with E-state index in [0.29, 0.717) is 24.5 Å². The van der Waals surface area contributed by atoms with Gasteiger partial charge in [0.05, 0.1) is 6.61 Å². The molecule has 0 radical (unpaired) electrons. The molecule has 1 aromatic carbocycles. The molecule has 0 aromatic heterocycles. The number of nitrogens with two attached hydrogens (primary N) is 1. The molecule has 1 aromatic rings. The van der Waals surface area contributed by atoms with Crippen molar-refractivity contribution < 1.29 is 18.7 Å². The number of halogens is 1. The van der Waals surface area contributed by atoms with Crippen LogP contribution in [0, 0.1) is 5.82 Å². The van der Waals surface area contributed by atoms with E-state index >= 15 is 0 Å². The highest BCUT2D eigenvalue weighted by molar-refractivity contribution is 5.44. The molecular formula is C9H10FNO3. The Bertz CT molecular complexity index is 343.